The normalized spacial score (nSPS) is 10.4. The van der Waals surface area contributed by atoms with Gasteiger partial charge in [0.15, 0.2) is 0 Å². The first-order chi connectivity index (χ1) is 8.47. The molecule has 0 saturated carbocycles. The molecule has 2 aromatic rings. The van der Waals surface area contributed by atoms with Crippen molar-refractivity contribution in [2.75, 3.05) is 11.1 Å². The van der Waals surface area contributed by atoms with Crippen molar-refractivity contribution in [1.82, 2.24) is 0 Å². The van der Waals surface area contributed by atoms with Gasteiger partial charge in [-0.15, -0.1) is 0 Å². The van der Waals surface area contributed by atoms with Crippen LogP contribution in [-0.4, -0.2) is 0 Å². The highest BCUT2D eigenvalue weighted by Gasteiger charge is 2.08. The lowest BCUT2D eigenvalue weighted by Crippen LogP contribution is -1.99. The van der Waals surface area contributed by atoms with E-state index in [1.165, 1.54) is 24.3 Å². The Hall–Kier alpha value is -1.62. The number of rotatable bonds is 2. The van der Waals surface area contributed by atoms with Crippen LogP contribution in [-0.2, 0) is 0 Å². The minimum atomic E-state index is -0.430. The molecule has 0 fully saturated rings. The predicted molar refractivity (Wildman–Crippen MR) is 72.9 cm³/mol. The van der Waals surface area contributed by atoms with Crippen LogP contribution >= 0.6 is 15.9 Å². The Balaban J connectivity index is 2.40. The number of nitrogens with two attached hydrogens (primary N) is 1. The minimum Gasteiger partial charge on any atom is -0.397 e. The number of hydrogen-bond donors (Lipinski definition) is 2. The Morgan fingerprint density at radius 3 is 2.56 bits per heavy atom. The number of anilines is 3. The van der Waals surface area contributed by atoms with Crippen molar-refractivity contribution in [2.45, 2.75) is 6.92 Å². The van der Waals surface area contributed by atoms with Crippen LogP contribution in [0.15, 0.2) is 34.8 Å². The molecule has 0 radical (unpaired) electrons. The van der Waals surface area contributed by atoms with E-state index in [-0.39, 0.29) is 5.82 Å². The summed E-state index contributed by atoms with van der Waals surface area (Å²) in [5.74, 6) is -0.792. The fraction of sp³-hybridized carbons (Fsp3) is 0.0769. The Kier molecular flexibility index (Phi) is 3.52. The minimum absolute atomic E-state index is 0.293. The molecule has 0 aliphatic heterocycles. The summed E-state index contributed by atoms with van der Waals surface area (Å²) in [5.41, 5.74) is 7.97. The van der Waals surface area contributed by atoms with Crippen LogP contribution in [0.2, 0.25) is 0 Å². The molecule has 2 aromatic carbocycles. The van der Waals surface area contributed by atoms with Gasteiger partial charge in [-0.2, -0.15) is 0 Å². The zero-order chi connectivity index (χ0) is 13.3. The van der Waals surface area contributed by atoms with E-state index >= 15 is 0 Å². The number of nitrogens with one attached hydrogen (secondary N) is 1. The number of benzene rings is 2. The first kappa shape index (κ1) is 12.8. The molecular weight excluding hydrogens is 302 g/mol. The van der Waals surface area contributed by atoms with Crippen molar-refractivity contribution in [1.29, 1.82) is 0 Å². The maximum atomic E-state index is 13.4. The molecule has 0 amide bonds. The quantitative estimate of drug-likeness (QED) is 0.808. The van der Waals surface area contributed by atoms with Crippen molar-refractivity contribution < 1.29 is 8.78 Å². The topological polar surface area (TPSA) is 38.0 Å². The van der Waals surface area contributed by atoms with Crippen LogP contribution < -0.4 is 11.1 Å². The maximum absolute atomic E-state index is 13.4. The van der Waals surface area contributed by atoms with Crippen molar-refractivity contribution in [2.24, 2.45) is 0 Å². The molecular formula is C13H11BrF2N2. The van der Waals surface area contributed by atoms with Crippen LogP contribution in [0, 0.1) is 18.6 Å². The summed E-state index contributed by atoms with van der Waals surface area (Å²) >= 11 is 3.05. The molecule has 5 heteroatoms. The van der Waals surface area contributed by atoms with Crippen LogP contribution in [0.4, 0.5) is 25.8 Å². The van der Waals surface area contributed by atoms with Gasteiger partial charge < -0.3 is 11.1 Å². The number of aryl methyl sites for hydroxylation is 1. The highest BCUT2D eigenvalue weighted by atomic mass is 79.9. The number of nitrogen functional groups attached to an aromatic ring is 1. The lowest BCUT2D eigenvalue weighted by atomic mass is 10.2. The fourth-order valence-corrected chi connectivity index (χ4v) is 1.91. The lowest BCUT2D eigenvalue weighted by molar-refractivity contribution is 0.622. The molecule has 0 aliphatic rings. The van der Waals surface area contributed by atoms with Gasteiger partial charge in [-0.25, -0.2) is 8.78 Å². The molecule has 2 nitrogen and oxygen atoms in total. The second-order valence-corrected chi connectivity index (χ2v) is 4.79. The molecule has 0 saturated heterocycles. The smallest absolute Gasteiger partial charge is 0.139 e. The van der Waals surface area contributed by atoms with Gasteiger partial charge in [0.25, 0.3) is 0 Å². The van der Waals surface area contributed by atoms with Crippen LogP contribution in [0.1, 0.15) is 5.56 Å². The van der Waals surface area contributed by atoms with E-state index in [4.69, 9.17) is 5.73 Å². The van der Waals surface area contributed by atoms with Gasteiger partial charge in [-0.05, 0) is 46.6 Å². The van der Waals surface area contributed by atoms with Crippen molar-refractivity contribution in [3.8, 4) is 0 Å². The summed E-state index contributed by atoms with van der Waals surface area (Å²) in [5, 5.41) is 2.92. The first-order valence-electron chi connectivity index (χ1n) is 5.25. The largest absolute Gasteiger partial charge is 0.397 e. The number of halogens is 3. The summed E-state index contributed by atoms with van der Waals surface area (Å²) < 4.78 is 26.9. The van der Waals surface area contributed by atoms with Gasteiger partial charge in [-0.3, -0.25) is 0 Å². The molecule has 0 spiro atoms. The Labute approximate surface area is 112 Å². The monoisotopic (exact) mass is 312 g/mol. The van der Waals surface area contributed by atoms with E-state index in [2.05, 4.69) is 21.2 Å². The van der Waals surface area contributed by atoms with Crippen molar-refractivity contribution in [3.05, 3.63) is 52.0 Å². The Morgan fingerprint density at radius 1 is 1.11 bits per heavy atom. The van der Waals surface area contributed by atoms with E-state index in [0.717, 1.165) is 5.56 Å². The fourth-order valence-electron chi connectivity index (χ4n) is 1.54. The highest BCUT2D eigenvalue weighted by molar-refractivity contribution is 9.10. The van der Waals surface area contributed by atoms with E-state index in [1.807, 2.05) is 6.92 Å². The molecule has 0 heterocycles. The molecule has 0 unspecified atom stereocenters. The average Bonchev–Trinajstić information content (AvgIpc) is 2.30. The second-order valence-electron chi connectivity index (χ2n) is 3.94. The third-order valence-electron chi connectivity index (χ3n) is 2.56. The van der Waals surface area contributed by atoms with Gasteiger partial charge in [-0.1, -0.05) is 6.07 Å². The summed E-state index contributed by atoms with van der Waals surface area (Å²) in [6.07, 6.45) is 0. The van der Waals surface area contributed by atoms with Gasteiger partial charge in [0.05, 0.1) is 15.8 Å². The van der Waals surface area contributed by atoms with Crippen LogP contribution in [0.25, 0.3) is 0 Å². The average molecular weight is 313 g/mol. The van der Waals surface area contributed by atoms with Gasteiger partial charge in [0.1, 0.15) is 11.6 Å². The zero-order valence-corrected chi connectivity index (χ0v) is 11.2. The van der Waals surface area contributed by atoms with E-state index in [9.17, 15) is 8.78 Å². The maximum Gasteiger partial charge on any atom is 0.139 e. The molecule has 2 rings (SSSR count). The van der Waals surface area contributed by atoms with Gasteiger partial charge in [0.2, 0.25) is 0 Å². The number of hydrogen-bond acceptors (Lipinski definition) is 2. The summed E-state index contributed by atoms with van der Waals surface area (Å²) in [6.45, 7) is 1.83. The zero-order valence-electron chi connectivity index (χ0n) is 9.60. The van der Waals surface area contributed by atoms with Crippen LogP contribution in [0.5, 0.6) is 0 Å². The molecule has 0 bridgehead atoms. The molecule has 0 atom stereocenters. The van der Waals surface area contributed by atoms with Gasteiger partial charge in [0, 0.05) is 11.8 Å². The van der Waals surface area contributed by atoms with Gasteiger partial charge >= 0.3 is 0 Å². The van der Waals surface area contributed by atoms with E-state index in [0.29, 0.717) is 21.5 Å². The van der Waals surface area contributed by atoms with Crippen LogP contribution in [0.3, 0.4) is 0 Å². The third-order valence-corrected chi connectivity index (χ3v) is 3.17. The standard InChI is InChI=1S/C13H11BrF2N2/c1-7-2-3-8(15)4-12(7)18-13-6-10(16)9(14)5-11(13)17/h2-6,18H,17H2,1H3. The molecule has 0 aromatic heterocycles. The molecule has 94 valence electrons. The SMILES string of the molecule is Cc1ccc(F)cc1Nc1cc(F)c(Br)cc1N. The lowest BCUT2D eigenvalue weighted by Gasteiger charge is -2.12. The third kappa shape index (κ3) is 2.61. The molecule has 0 aliphatic carbocycles. The van der Waals surface area contributed by atoms with Crippen molar-refractivity contribution >= 4 is 33.0 Å². The molecule has 3 N–H and O–H groups in total. The summed E-state index contributed by atoms with van der Waals surface area (Å²) in [6, 6.07) is 7.08. The van der Waals surface area contributed by atoms with Crippen molar-refractivity contribution in [3.63, 3.8) is 0 Å². The molecule has 18 heavy (non-hydrogen) atoms. The summed E-state index contributed by atoms with van der Waals surface area (Å²) in [7, 11) is 0. The summed E-state index contributed by atoms with van der Waals surface area (Å²) in [4.78, 5) is 0. The Morgan fingerprint density at radius 2 is 1.83 bits per heavy atom. The Bertz CT molecular complexity index is 600. The van der Waals surface area contributed by atoms with E-state index in [1.54, 1.807) is 6.07 Å². The van der Waals surface area contributed by atoms with E-state index < -0.39 is 5.82 Å². The highest BCUT2D eigenvalue weighted by Crippen LogP contribution is 2.30. The first-order valence-corrected chi connectivity index (χ1v) is 6.04. The second kappa shape index (κ2) is 4.94. The predicted octanol–water partition coefficient (Wildman–Crippen LogP) is 4.36.